The van der Waals surface area contributed by atoms with Crippen molar-refractivity contribution in [3.05, 3.63) is 50.0 Å². The summed E-state index contributed by atoms with van der Waals surface area (Å²) in [5, 5.41) is 9.95. The maximum Gasteiger partial charge on any atom is 0.264 e. The van der Waals surface area contributed by atoms with E-state index in [1.165, 1.54) is 10.8 Å². The molecule has 5 nitrogen and oxygen atoms in total. The smallest absolute Gasteiger partial charge is 0.264 e. The van der Waals surface area contributed by atoms with Crippen LogP contribution in [0.25, 0.3) is 0 Å². The van der Waals surface area contributed by atoms with E-state index in [0.29, 0.717) is 0 Å². The molecule has 2 aromatic rings. The van der Waals surface area contributed by atoms with Crippen LogP contribution in [-0.2, 0) is 7.05 Å². The topological polar surface area (TPSA) is 70.4 Å². The van der Waals surface area contributed by atoms with Crippen LogP contribution in [-0.4, -0.2) is 20.9 Å². The number of benzene rings is 1. The third-order valence-electron chi connectivity index (χ3n) is 3.24. The fourth-order valence-corrected chi connectivity index (χ4v) is 1.93. The van der Waals surface area contributed by atoms with Gasteiger partial charge in [0, 0.05) is 13.3 Å². The molecule has 0 unspecified atom stereocenters. The van der Waals surface area contributed by atoms with E-state index in [-0.39, 0.29) is 16.2 Å². The molecule has 1 aromatic heterocycles. The second-order valence-electron chi connectivity index (χ2n) is 4.53. The molecule has 0 fully saturated rings. The van der Waals surface area contributed by atoms with E-state index in [1.807, 2.05) is 32.0 Å². The molecule has 0 saturated heterocycles. The van der Waals surface area contributed by atoms with Gasteiger partial charge in [-0.1, -0.05) is 12.1 Å². The van der Waals surface area contributed by atoms with Crippen LogP contribution in [0.15, 0.2) is 28.0 Å². The molecule has 0 spiro atoms. The Balaban J connectivity index is 2.53. The molecule has 0 aliphatic carbocycles. The maximum absolute atomic E-state index is 11.8. The molecule has 0 atom stereocenters. The Kier molecular flexibility index (Phi) is 3.85. The van der Waals surface area contributed by atoms with Crippen molar-refractivity contribution in [2.75, 3.05) is 0 Å². The molecular weight excluding hydrogens is 274 g/mol. The molecular formula is C14H15N3O2S. The second kappa shape index (κ2) is 5.42. The van der Waals surface area contributed by atoms with Crippen molar-refractivity contribution in [3.8, 4) is 5.88 Å². The first-order chi connectivity index (χ1) is 9.41. The molecule has 6 heteroatoms. The van der Waals surface area contributed by atoms with Crippen molar-refractivity contribution in [2.24, 2.45) is 12.0 Å². The fourth-order valence-electron chi connectivity index (χ4n) is 1.75. The molecule has 2 rings (SSSR count). The van der Waals surface area contributed by atoms with E-state index in [0.717, 1.165) is 16.8 Å². The molecule has 0 aliphatic heterocycles. The summed E-state index contributed by atoms with van der Waals surface area (Å²) in [6.45, 7) is 3.95. The molecule has 0 radical (unpaired) electrons. The lowest BCUT2D eigenvalue weighted by Crippen LogP contribution is -2.17. The van der Waals surface area contributed by atoms with Crippen LogP contribution in [0.2, 0.25) is 0 Å². The van der Waals surface area contributed by atoms with Crippen molar-refractivity contribution in [3.63, 3.8) is 0 Å². The number of hydrogen-bond acceptors (Lipinski definition) is 4. The number of aromatic hydroxyl groups is 1. The van der Waals surface area contributed by atoms with Crippen molar-refractivity contribution in [2.45, 2.75) is 13.8 Å². The minimum Gasteiger partial charge on any atom is -0.494 e. The number of aryl methyl sites for hydroxylation is 1. The summed E-state index contributed by atoms with van der Waals surface area (Å²) < 4.78 is 1.48. The van der Waals surface area contributed by atoms with Gasteiger partial charge in [0.05, 0.1) is 5.69 Å². The highest BCUT2D eigenvalue weighted by atomic mass is 32.1. The minimum absolute atomic E-state index is 0.0852. The van der Waals surface area contributed by atoms with E-state index in [9.17, 15) is 9.90 Å². The lowest BCUT2D eigenvalue weighted by atomic mass is 10.1. The average molecular weight is 289 g/mol. The van der Waals surface area contributed by atoms with Crippen LogP contribution in [0.5, 0.6) is 5.88 Å². The van der Waals surface area contributed by atoms with Crippen LogP contribution in [0.1, 0.15) is 16.7 Å². The van der Waals surface area contributed by atoms with Gasteiger partial charge in [-0.25, -0.2) is 0 Å². The Labute approximate surface area is 121 Å². The molecule has 0 saturated carbocycles. The summed E-state index contributed by atoms with van der Waals surface area (Å²) in [4.78, 5) is 18.6. The summed E-state index contributed by atoms with van der Waals surface area (Å²) in [6.07, 6.45) is 1.35. The van der Waals surface area contributed by atoms with E-state index >= 15 is 0 Å². The number of nitrogens with one attached hydrogen (secondary N) is 1. The molecule has 104 valence electrons. The van der Waals surface area contributed by atoms with Gasteiger partial charge in [0.1, 0.15) is 5.56 Å². The lowest BCUT2D eigenvalue weighted by molar-refractivity contribution is 0.420. The molecule has 2 N–H and O–H groups in total. The van der Waals surface area contributed by atoms with Gasteiger partial charge in [-0.3, -0.25) is 19.3 Å². The largest absolute Gasteiger partial charge is 0.494 e. The fraction of sp³-hybridized carbons (Fsp3) is 0.214. The SMILES string of the molecule is Cc1cccc(N=Cc2c(O)n(C)c(=S)[nH]c2=O)c1C. The van der Waals surface area contributed by atoms with Crippen LogP contribution < -0.4 is 5.56 Å². The van der Waals surface area contributed by atoms with Crippen LogP contribution in [0.3, 0.4) is 0 Å². The van der Waals surface area contributed by atoms with Gasteiger partial charge in [0.15, 0.2) is 4.77 Å². The summed E-state index contributed by atoms with van der Waals surface area (Å²) in [5.41, 5.74) is 2.53. The third kappa shape index (κ3) is 2.55. The zero-order chi connectivity index (χ0) is 14.9. The maximum atomic E-state index is 11.8. The van der Waals surface area contributed by atoms with E-state index in [1.54, 1.807) is 7.05 Å². The highest BCUT2D eigenvalue weighted by molar-refractivity contribution is 7.71. The molecule has 1 aromatic carbocycles. The van der Waals surface area contributed by atoms with Crippen molar-refractivity contribution >= 4 is 24.1 Å². The Morgan fingerprint density at radius 3 is 2.80 bits per heavy atom. The predicted molar refractivity (Wildman–Crippen MR) is 81.7 cm³/mol. The highest BCUT2D eigenvalue weighted by Gasteiger charge is 2.08. The quantitative estimate of drug-likeness (QED) is 0.659. The van der Waals surface area contributed by atoms with Crippen LogP contribution in [0, 0.1) is 18.6 Å². The molecule has 1 heterocycles. The zero-order valence-corrected chi connectivity index (χ0v) is 12.3. The Hall–Kier alpha value is -2.21. The van der Waals surface area contributed by atoms with Gasteiger partial charge in [-0.2, -0.15) is 0 Å². The Morgan fingerprint density at radius 2 is 2.10 bits per heavy atom. The number of aromatic nitrogens is 2. The van der Waals surface area contributed by atoms with Crippen molar-refractivity contribution in [1.82, 2.24) is 9.55 Å². The zero-order valence-electron chi connectivity index (χ0n) is 11.5. The monoisotopic (exact) mass is 289 g/mol. The van der Waals surface area contributed by atoms with Gasteiger partial charge in [-0.15, -0.1) is 0 Å². The standard InChI is InChI=1S/C14H15N3O2S/c1-8-5-4-6-11(9(8)2)15-7-10-12(18)16-14(20)17(3)13(10)19/h4-7,19H,1-3H3,(H,16,18,20). The van der Waals surface area contributed by atoms with Crippen molar-refractivity contribution < 1.29 is 5.11 Å². The number of H-pyrrole nitrogens is 1. The molecule has 0 bridgehead atoms. The molecule has 20 heavy (non-hydrogen) atoms. The predicted octanol–water partition coefficient (Wildman–Crippen LogP) is 2.52. The first kappa shape index (κ1) is 14.2. The number of nitrogens with zero attached hydrogens (tertiary/aromatic N) is 2. The third-order valence-corrected chi connectivity index (χ3v) is 3.61. The van der Waals surface area contributed by atoms with E-state index in [2.05, 4.69) is 9.98 Å². The summed E-state index contributed by atoms with van der Waals surface area (Å²) in [5.74, 6) is -0.201. The second-order valence-corrected chi connectivity index (χ2v) is 4.92. The summed E-state index contributed by atoms with van der Waals surface area (Å²) in [7, 11) is 1.57. The number of rotatable bonds is 2. The number of aromatic amines is 1. The van der Waals surface area contributed by atoms with Crippen LogP contribution >= 0.6 is 12.2 Å². The van der Waals surface area contributed by atoms with Crippen LogP contribution in [0.4, 0.5) is 5.69 Å². The summed E-state index contributed by atoms with van der Waals surface area (Å²) in [6, 6.07) is 5.74. The van der Waals surface area contributed by atoms with Crippen molar-refractivity contribution in [1.29, 1.82) is 0 Å². The average Bonchev–Trinajstić information content (AvgIpc) is 2.40. The highest BCUT2D eigenvalue weighted by Crippen LogP contribution is 2.21. The first-order valence-electron chi connectivity index (χ1n) is 6.04. The Bertz CT molecular complexity index is 803. The molecule has 0 aliphatic rings. The minimum atomic E-state index is -0.459. The normalized spacial score (nSPS) is 11.2. The van der Waals surface area contributed by atoms with Gasteiger partial charge in [0.25, 0.3) is 5.56 Å². The summed E-state index contributed by atoms with van der Waals surface area (Å²) >= 11 is 4.91. The number of aliphatic imine (C=N–C) groups is 1. The van der Waals surface area contributed by atoms with E-state index < -0.39 is 5.56 Å². The first-order valence-corrected chi connectivity index (χ1v) is 6.45. The van der Waals surface area contributed by atoms with Gasteiger partial charge in [-0.05, 0) is 43.3 Å². The van der Waals surface area contributed by atoms with Gasteiger partial charge < -0.3 is 5.11 Å². The van der Waals surface area contributed by atoms with E-state index in [4.69, 9.17) is 12.2 Å². The number of hydrogen-bond donors (Lipinski definition) is 2. The van der Waals surface area contributed by atoms with Gasteiger partial charge >= 0.3 is 0 Å². The lowest BCUT2D eigenvalue weighted by Gasteiger charge is -2.06. The Morgan fingerprint density at radius 1 is 1.40 bits per heavy atom. The van der Waals surface area contributed by atoms with Gasteiger partial charge in [0.2, 0.25) is 5.88 Å². The molecule has 0 amide bonds.